The van der Waals surface area contributed by atoms with E-state index >= 15 is 0 Å². The number of fused-ring (bicyclic) bond motifs is 17. The molecule has 0 saturated carbocycles. The molecule has 0 unspecified atom stereocenters. The first kappa shape index (κ1) is 36.0. The minimum atomic E-state index is -1.41. The van der Waals surface area contributed by atoms with Gasteiger partial charge in [0.1, 0.15) is 36.5 Å². The number of carbonyl (C=O) groups is 5. The Morgan fingerprint density at radius 2 is 1.43 bits per heavy atom. The molecule has 0 aliphatic carbocycles. The predicted octanol–water partition coefficient (Wildman–Crippen LogP) is 1.00. The van der Waals surface area contributed by atoms with Crippen LogP contribution in [0.5, 0.6) is 5.75 Å². The van der Waals surface area contributed by atoms with Crippen molar-refractivity contribution in [2.24, 2.45) is 11.8 Å². The lowest BCUT2D eigenvalue weighted by Gasteiger charge is -2.29. The van der Waals surface area contributed by atoms with E-state index in [4.69, 9.17) is 4.74 Å². The molecule has 2 aromatic carbocycles. The molecule has 4 rings (SSSR count). The molecular weight excluding hydrogens is 590 g/mol. The molecule has 2 heterocycles. The maximum Gasteiger partial charge on any atom is 0.245 e. The van der Waals surface area contributed by atoms with Crippen molar-refractivity contribution in [3.63, 3.8) is 0 Å². The highest BCUT2D eigenvalue weighted by Gasteiger charge is 2.34. The maximum absolute atomic E-state index is 13.6. The van der Waals surface area contributed by atoms with E-state index in [0.29, 0.717) is 12.2 Å². The van der Waals surface area contributed by atoms with Crippen LogP contribution in [0.3, 0.4) is 0 Å². The number of amides is 5. The number of benzene rings is 2. The molecule has 0 fully saturated rings. The molecule has 0 saturated heterocycles. The van der Waals surface area contributed by atoms with Gasteiger partial charge in [0.25, 0.3) is 0 Å². The van der Waals surface area contributed by atoms with Crippen LogP contribution >= 0.6 is 0 Å². The zero-order chi connectivity index (χ0) is 34.0. The average Bonchev–Trinajstić information content (AvgIpc) is 3.00. The van der Waals surface area contributed by atoms with Gasteiger partial charge in [0.15, 0.2) is 0 Å². The summed E-state index contributed by atoms with van der Waals surface area (Å²) in [5, 5.41) is 24.0. The van der Waals surface area contributed by atoms with Gasteiger partial charge in [0, 0.05) is 12.3 Å². The van der Waals surface area contributed by atoms with Crippen LogP contribution in [0.25, 0.3) is 0 Å². The lowest BCUT2D eigenvalue weighted by Crippen LogP contribution is -2.61. The van der Waals surface area contributed by atoms with Crippen LogP contribution in [0, 0.1) is 11.8 Å². The van der Waals surface area contributed by atoms with Gasteiger partial charge in [-0.1, -0.05) is 70.2 Å². The molecule has 2 bridgehead atoms. The molecule has 0 radical (unpaired) electrons. The number of aliphatic hydroxyl groups is 1. The largest absolute Gasteiger partial charge is 0.491 e. The molecule has 6 atom stereocenters. The first-order valence-corrected chi connectivity index (χ1v) is 15.7. The number of ether oxygens (including phenoxy) is 1. The maximum atomic E-state index is 13.6. The van der Waals surface area contributed by atoms with Gasteiger partial charge in [0.05, 0.1) is 12.1 Å². The van der Waals surface area contributed by atoms with Crippen molar-refractivity contribution in [3.05, 3.63) is 65.7 Å². The lowest BCUT2D eigenvalue weighted by atomic mass is 10.0. The van der Waals surface area contributed by atoms with Gasteiger partial charge < -0.3 is 36.4 Å². The Morgan fingerprint density at radius 3 is 2.02 bits per heavy atom. The van der Waals surface area contributed by atoms with E-state index in [0.717, 1.165) is 11.1 Å². The summed E-state index contributed by atoms with van der Waals surface area (Å²) in [4.78, 5) is 66.0. The summed E-state index contributed by atoms with van der Waals surface area (Å²) in [5.41, 5.74) is 1.72. The van der Waals surface area contributed by atoms with E-state index in [-0.39, 0.29) is 30.8 Å². The molecule has 2 aromatic rings. The normalized spacial score (nSPS) is 24.2. The third-order valence-corrected chi connectivity index (χ3v) is 7.70. The van der Waals surface area contributed by atoms with E-state index in [1.807, 2.05) is 30.3 Å². The molecule has 0 spiro atoms. The van der Waals surface area contributed by atoms with Gasteiger partial charge in [-0.2, -0.15) is 0 Å². The monoisotopic (exact) mass is 637 g/mol. The second kappa shape index (κ2) is 16.7. The Kier molecular flexibility index (Phi) is 13.1. The van der Waals surface area contributed by atoms with E-state index in [1.165, 1.54) is 13.8 Å². The Hall–Kier alpha value is -4.45. The van der Waals surface area contributed by atoms with E-state index in [2.05, 4.69) is 26.6 Å². The SMILES string of the molecule is CC(C)C(=O)N[C@H]1Cc2ccc(cc2)OC[C@H](Cc2ccccc2)NC(=O)[C@@H](C(C)C)NC(=O)[C@H]([C@@H](C)O)NC(=O)[C@@H](C)NC1=O. The fourth-order valence-corrected chi connectivity index (χ4v) is 4.88. The second-order valence-corrected chi connectivity index (χ2v) is 12.5. The zero-order valence-electron chi connectivity index (χ0n) is 27.3. The molecule has 46 heavy (non-hydrogen) atoms. The number of hydrogen-bond acceptors (Lipinski definition) is 7. The molecule has 2 aliphatic heterocycles. The summed E-state index contributed by atoms with van der Waals surface area (Å²) in [5.74, 6) is -3.03. The molecular formula is C34H47N5O7. The van der Waals surface area contributed by atoms with Crippen molar-refractivity contribution in [1.82, 2.24) is 26.6 Å². The third kappa shape index (κ3) is 10.6. The molecule has 2 aliphatic rings. The molecule has 12 nitrogen and oxygen atoms in total. The zero-order valence-corrected chi connectivity index (χ0v) is 27.3. The minimum absolute atomic E-state index is 0.123. The van der Waals surface area contributed by atoms with E-state index in [9.17, 15) is 29.1 Å². The smallest absolute Gasteiger partial charge is 0.245 e. The summed E-state index contributed by atoms with van der Waals surface area (Å²) >= 11 is 0. The summed E-state index contributed by atoms with van der Waals surface area (Å²) in [6.45, 7) is 9.86. The summed E-state index contributed by atoms with van der Waals surface area (Å²) in [6.07, 6.45) is -0.721. The number of rotatable bonds is 6. The Labute approximate surface area is 270 Å². The van der Waals surface area contributed by atoms with Crippen LogP contribution in [0.4, 0.5) is 0 Å². The molecule has 250 valence electrons. The van der Waals surface area contributed by atoms with Crippen LogP contribution in [-0.4, -0.2) is 77.6 Å². The Morgan fingerprint density at radius 1 is 0.826 bits per heavy atom. The standard InChI is InChI=1S/C34H47N5O7/c1-19(2)28-33(44)36-25(16-23-10-8-7-9-11-23)18-46-26-14-12-24(13-15-26)17-27(37-30(41)20(3)4)32(43)35-21(5)31(42)39-29(22(6)40)34(45)38-28/h7-15,19-22,25,27-29,40H,16-18H2,1-6H3,(H,35,43)(H,36,44)(H,37,41)(H,38,45)(H,39,42)/t21-,22-,25+,27+,28-,29+/m1/s1. The fraction of sp³-hybridized carbons (Fsp3) is 0.500. The van der Waals surface area contributed by atoms with E-state index in [1.54, 1.807) is 52.0 Å². The quantitative estimate of drug-likeness (QED) is 0.256. The number of carbonyl (C=O) groups excluding carboxylic acids is 5. The Balaban J connectivity index is 1.97. The Bertz CT molecular complexity index is 1350. The van der Waals surface area contributed by atoms with Crippen molar-refractivity contribution in [1.29, 1.82) is 0 Å². The average molecular weight is 638 g/mol. The van der Waals surface area contributed by atoms with Crippen molar-refractivity contribution < 1.29 is 33.8 Å². The van der Waals surface area contributed by atoms with Crippen LogP contribution in [-0.2, 0) is 36.8 Å². The molecule has 0 aromatic heterocycles. The van der Waals surface area contributed by atoms with Gasteiger partial charge in [-0.25, -0.2) is 0 Å². The van der Waals surface area contributed by atoms with Crippen molar-refractivity contribution in [2.75, 3.05) is 6.61 Å². The summed E-state index contributed by atoms with van der Waals surface area (Å²) < 4.78 is 6.08. The predicted molar refractivity (Wildman–Crippen MR) is 172 cm³/mol. The van der Waals surface area contributed by atoms with Crippen LogP contribution in [0.2, 0.25) is 0 Å². The topological polar surface area (TPSA) is 175 Å². The van der Waals surface area contributed by atoms with E-state index < -0.39 is 59.9 Å². The summed E-state index contributed by atoms with van der Waals surface area (Å²) in [7, 11) is 0. The molecule has 12 heteroatoms. The van der Waals surface area contributed by atoms with Crippen LogP contribution in [0.15, 0.2) is 54.6 Å². The summed E-state index contributed by atoms with van der Waals surface area (Å²) in [6, 6.07) is 11.7. The highest BCUT2D eigenvalue weighted by molar-refractivity contribution is 5.95. The number of hydrogen-bond donors (Lipinski definition) is 6. The fourth-order valence-electron chi connectivity index (χ4n) is 4.88. The lowest BCUT2D eigenvalue weighted by molar-refractivity contribution is -0.136. The molecule has 5 amide bonds. The highest BCUT2D eigenvalue weighted by atomic mass is 16.5. The van der Waals surface area contributed by atoms with Crippen LogP contribution < -0.4 is 31.3 Å². The van der Waals surface area contributed by atoms with Gasteiger partial charge in [-0.15, -0.1) is 0 Å². The van der Waals surface area contributed by atoms with Gasteiger partial charge >= 0.3 is 0 Å². The highest BCUT2D eigenvalue weighted by Crippen LogP contribution is 2.16. The second-order valence-electron chi connectivity index (χ2n) is 12.5. The van der Waals surface area contributed by atoms with Gasteiger partial charge in [0.2, 0.25) is 29.5 Å². The van der Waals surface area contributed by atoms with Crippen molar-refractivity contribution in [3.8, 4) is 5.75 Å². The van der Waals surface area contributed by atoms with Crippen molar-refractivity contribution in [2.45, 2.75) is 90.7 Å². The number of aliphatic hydroxyl groups excluding tert-OH is 1. The first-order valence-electron chi connectivity index (χ1n) is 15.7. The van der Waals surface area contributed by atoms with Gasteiger partial charge in [-0.3, -0.25) is 24.0 Å². The first-order chi connectivity index (χ1) is 21.7. The molecule has 6 N–H and O–H groups in total. The third-order valence-electron chi connectivity index (χ3n) is 7.70. The minimum Gasteiger partial charge on any atom is -0.491 e. The van der Waals surface area contributed by atoms with Gasteiger partial charge in [-0.05, 0) is 49.4 Å². The van der Waals surface area contributed by atoms with Crippen molar-refractivity contribution >= 4 is 29.5 Å². The van der Waals surface area contributed by atoms with Crippen LogP contribution in [0.1, 0.15) is 52.7 Å². The number of nitrogens with one attached hydrogen (secondary N) is 5.